The largest absolute Gasteiger partial charge is 0.462 e. The zero-order valence-corrected chi connectivity index (χ0v) is 17.0. The summed E-state index contributed by atoms with van der Waals surface area (Å²) in [4.78, 5) is 2.25. The molecule has 0 amide bonds. The minimum atomic E-state index is -1.01. The minimum absolute atomic E-state index is 0.228. The molecule has 1 N–H and O–H groups in total. The summed E-state index contributed by atoms with van der Waals surface area (Å²) in [6, 6.07) is 10.7. The topological polar surface area (TPSA) is 36.6 Å². The molecule has 2 rings (SSSR count). The van der Waals surface area contributed by atoms with E-state index < -0.39 is 5.60 Å². The first kappa shape index (κ1) is 22.1. The van der Waals surface area contributed by atoms with Crippen LogP contribution < -0.4 is 0 Å². The lowest BCUT2D eigenvalue weighted by atomic mass is 9.89. The number of nitrogens with zero attached hydrogens (tertiary/aromatic N) is 1. The van der Waals surface area contributed by atoms with Crippen molar-refractivity contribution in [2.24, 2.45) is 0 Å². The van der Waals surface area contributed by atoms with Crippen LogP contribution in [-0.4, -0.2) is 16.0 Å². The van der Waals surface area contributed by atoms with Crippen LogP contribution in [0.5, 0.6) is 0 Å². The fraction of sp³-hybridized carbons (Fsp3) is 0.417. The molecule has 2 aromatic rings. The van der Waals surface area contributed by atoms with E-state index in [0.717, 1.165) is 11.3 Å². The zero-order chi connectivity index (χ0) is 20.6. The summed E-state index contributed by atoms with van der Waals surface area (Å²) < 4.78 is 19.2. The summed E-state index contributed by atoms with van der Waals surface area (Å²) in [5.74, 6) is 1.17. The number of hydrogen-bond acceptors (Lipinski definition) is 3. The molecule has 0 radical (unpaired) electrons. The van der Waals surface area contributed by atoms with Crippen molar-refractivity contribution in [3.63, 3.8) is 0 Å². The van der Waals surface area contributed by atoms with E-state index in [4.69, 9.17) is 4.42 Å². The van der Waals surface area contributed by atoms with Crippen LogP contribution in [0.4, 0.5) is 4.39 Å². The molecule has 0 atom stereocenters. The van der Waals surface area contributed by atoms with Crippen LogP contribution in [0, 0.1) is 5.82 Å². The maximum absolute atomic E-state index is 13.2. The number of aliphatic hydroxyl groups is 1. The van der Waals surface area contributed by atoms with Gasteiger partial charge in [0.1, 0.15) is 22.9 Å². The number of furan rings is 1. The highest BCUT2D eigenvalue weighted by Crippen LogP contribution is 2.33. The van der Waals surface area contributed by atoms with Gasteiger partial charge in [0.2, 0.25) is 0 Å². The molecule has 0 saturated carbocycles. The predicted molar refractivity (Wildman–Crippen MR) is 112 cm³/mol. The normalized spacial score (nSPS) is 11.9. The number of hydrogen-bond donors (Lipinski definition) is 1. The number of benzene rings is 1. The van der Waals surface area contributed by atoms with Gasteiger partial charge in [-0.1, -0.05) is 24.3 Å². The van der Waals surface area contributed by atoms with Crippen molar-refractivity contribution in [3.8, 4) is 0 Å². The Kier molecular flexibility index (Phi) is 8.21. The lowest BCUT2D eigenvalue weighted by Crippen LogP contribution is -2.29. The van der Waals surface area contributed by atoms with Gasteiger partial charge in [-0.25, -0.2) is 4.39 Å². The first-order valence-corrected chi connectivity index (χ1v) is 9.90. The van der Waals surface area contributed by atoms with Crippen molar-refractivity contribution in [3.05, 3.63) is 84.6 Å². The Morgan fingerprint density at radius 3 is 2.18 bits per heavy atom. The molecule has 3 nitrogen and oxygen atoms in total. The van der Waals surface area contributed by atoms with Gasteiger partial charge >= 0.3 is 0 Å². The van der Waals surface area contributed by atoms with Crippen LogP contribution in [0.1, 0.15) is 56.6 Å². The first-order valence-electron chi connectivity index (χ1n) is 9.90. The molecule has 0 unspecified atom stereocenters. The van der Waals surface area contributed by atoms with Gasteiger partial charge in [-0.2, -0.15) is 0 Å². The molecule has 0 bridgehead atoms. The SMILES string of the molecule is C=CCCC(O)(CCC=C)c1ccc(CN(Cc2ccc(F)cc2)C(C)C)o1. The van der Waals surface area contributed by atoms with E-state index >= 15 is 0 Å². The fourth-order valence-corrected chi connectivity index (χ4v) is 3.21. The molecule has 152 valence electrons. The monoisotopic (exact) mass is 385 g/mol. The Bertz CT molecular complexity index is 736. The second kappa shape index (κ2) is 10.4. The maximum Gasteiger partial charge on any atom is 0.135 e. The molecule has 28 heavy (non-hydrogen) atoms. The van der Waals surface area contributed by atoms with Crippen LogP contribution in [0.15, 0.2) is 66.1 Å². The molecule has 0 aliphatic heterocycles. The van der Waals surface area contributed by atoms with Crippen LogP contribution in [0.25, 0.3) is 0 Å². The predicted octanol–water partition coefficient (Wildman–Crippen LogP) is 5.95. The fourth-order valence-electron chi connectivity index (χ4n) is 3.21. The molecule has 0 spiro atoms. The Balaban J connectivity index is 2.13. The molecular formula is C24H32FNO2. The second-order valence-corrected chi connectivity index (χ2v) is 7.58. The second-order valence-electron chi connectivity index (χ2n) is 7.58. The highest BCUT2D eigenvalue weighted by molar-refractivity contribution is 5.17. The van der Waals surface area contributed by atoms with E-state index in [9.17, 15) is 9.50 Å². The molecule has 0 fully saturated rings. The summed E-state index contributed by atoms with van der Waals surface area (Å²) in [6.07, 6.45) is 6.19. The van der Waals surface area contributed by atoms with Gasteiger partial charge in [0.05, 0.1) is 6.54 Å². The smallest absolute Gasteiger partial charge is 0.135 e. The maximum atomic E-state index is 13.2. The van der Waals surface area contributed by atoms with E-state index in [1.165, 1.54) is 12.1 Å². The van der Waals surface area contributed by atoms with Crippen molar-refractivity contribution < 1.29 is 13.9 Å². The van der Waals surface area contributed by atoms with Crippen molar-refractivity contribution in [2.45, 2.75) is 64.3 Å². The van der Waals surface area contributed by atoms with Crippen LogP contribution in [0.3, 0.4) is 0 Å². The lowest BCUT2D eigenvalue weighted by Gasteiger charge is -2.27. The van der Waals surface area contributed by atoms with Gasteiger partial charge in [0.15, 0.2) is 0 Å². The summed E-state index contributed by atoms with van der Waals surface area (Å²) in [6.45, 7) is 13.1. The first-order chi connectivity index (χ1) is 13.4. The highest BCUT2D eigenvalue weighted by Gasteiger charge is 2.31. The molecule has 1 aromatic carbocycles. The molecule has 0 aliphatic carbocycles. The number of rotatable bonds is 12. The summed E-state index contributed by atoms with van der Waals surface area (Å²) in [7, 11) is 0. The van der Waals surface area contributed by atoms with Crippen molar-refractivity contribution in [1.82, 2.24) is 4.90 Å². The average Bonchev–Trinajstić information content (AvgIpc) is 3.15. The molecule has 0 aliphatic rings. The van der Waals surface area contributed by atoms with Crippen molar-refractivity contribution >= 4 is 0 Å². The van der Waals surface area contributed by atoms with Gasteiger partial charge in [0.25, 0.3) is 0 Å². The summed E-state index contributed by atoms with van der Waals surface area (Å²) in [5, 5.41) is 11.1. The van der Waals surface area contributed by atoms with Gasteiger partial charge in [-0.05, 0) is 69.4 Å². The van der Waals surface area contributed by atoms with E-state index in [2.05, 4.69) is 31.9 Å². The third kappa shape index (κ3) is 6.18. The Morgan fingerprint density at radius 1 is 1.04 bits per heavy atom. The van der Waals surface area contributed by atoms with Gasteiger partial charge < -0.3 is 9.52 Å². The number of halogens is 1. The van der Waals surface area contributed by atoms with E-state index in [1.807, 2.05) is 36.4 Å². The molecule has 1 heterocycles. The Morgan fingerprint density at radius 2 is 1.64 bits per heavy atom. The third-order valence-electron chi connectivity index (χ3n) is 5.03. The zero-order valence-electron chi connectivity index (χ0n) is 17.0. The third-order valence-corrected chi connectivity index (χ3v) is 5.03. The van der Waals surface area contributed by atoms with E-state index in [0.29, 0.717) is 50.6 Å². The number of allylic oxidation sites excluding steroid dienone is 2. The van der Waals surface area contributed by atoms with E-state index in [1.54, 1.807) is 0 Å². The van der Waals surface area contributed by atoms with Crippen molar-refractivity contribution in [1.29, 1.82) is 0 Å². The quantitative estimate of drug-likeness (QED) is 0.459. The van der Waals surface area contributed by atoms with Crippen LogP contribution in [0.2, 0.25) is 0 Å². The summed E-state index contributed by atoms with van der Waals surface area (Å²) in [5.41, 5.74) is 0.0376. The van der Waals surface area contributed by atoms with Gasteiger partial charge in [-0.3, -0.25) is 4.90 Å². The molecule has 4 heteroatoms. The standard InChI is InChI=1S/C24H32FNO2/c1-5-7-15-24(27,16-8-6-2)23-14-13-22(28-23)18-26(19(3)4)17-20-9-11-21(25)12-10-20/h5-6,9-14,19,27H,1-2,7-8,15-18H2,3-4H3. The Hall–Kier alpha value is -2.17. The van der Waals surface area contributed by atoms with Crippen LogP contribution >= 0.6 is 0 Å². The lowest BCUT2D eigenvalue weighted by molar-refractivity contribution is -0.00232. The highest BCUT2D eigenvalue weighted by atomic mass is 19.1. The molecule has 0 saturated heterocycles. The average molecular weight is 386 g/mol. The van der Waals surface area contributed by atoms with Gasteiger partial charge in [0, 0.05) is 12.6 Å². The van der Waals surface area contributed by atoms with Gasteiger partial charge in [-0.15, -0.1) is 13.2 Å². The molecular weight excluding hydrogens is 353 g/mol. The van der Waals surface area contributed by atoms with Crippen molar-refractivity contribution in [2.75, 3.05) is 0 Å². The minimum Gasteiger partial charge on any atom is -0.462 e. The van der Waals surface area contributed by atoms with E-state index in [-0.39, 0.29) is 5.82 Å². The summed E-state index contributed by atoms with van der Waals surface area (Å²) >= 11 is 0. The Labute approximate surface area is 168 Å². The van der Waals surface area contributed by atoms with Crippen LogP contribution in [-0.2, 0) is 18.7 Å². The molecule has 1 aromatic heterocycles.